The monoisotopic (exact) mass is 346 g/mol. The van der Waals surface area contributed by atoms with Crippen molar-refractivity contribution in [1.82, 2.24) is 0 Å². The average Bonchev–Trinajstić information content (AvgIpc) is 1.95. The summed E-state index contributed by atoms with van der Waals surface area (Å²) in [7, 11) is -8.68. The second-order valence-electron chi connectivity index (χ2n) is 3.45. The molecule has 0 aliphatic carbocycles. The quantitative estimate of drug-likeness (QED) is 0.434. The van der Waals surface area contributed by atoms with E-state index in [-0.39, 0.29) is 0 Å². The zero-order valence-corrected chi connectivity index (χ0v) is 14.1. The highest BCUT2D eigenvalue weighted by atomic mass is 32.3. The molecule has 0 rings (SSSR count). The van der Waals surface area contributed by atoms with Crippen molar-refractivity contribution < 1.29 is 35.0 Å². The van der Waals surface area contributed by atoms with E-state index in [0.29, 0.717) is 15.8 Å². The fourth-order valence-corrected chi connectivity index (χ4v) is 4.16. The van der Waals surface area contributed by atoms with Crippen LogP contribution in [-0.4, -0.2) is 67.1 Å². The van der Waals surface area contributed by atoms with Crippen molar-refractivity contribution in [3.05, 3.63) is 0 Å². The van der Waals surface area contributed by atoms with Gasteiger partial charge in [0.2, 0.25) is 0 Å². The van der Waals surface area contributed by atoms with E-state index in [0.717, 1.165) is 5.40 Å². The lowest BCUT2D eigenvalue weighted by Crippen LogP contribution is -1.92. The van der Waals surface area contributed by atoms with E-state index < -0.39 is 20.8 Å². The summed E-state index contributed by atoms with van der Waals surface area (Å²) >= 11 is 0. The van der Waals surface area contributed by atoms with Crippen molar-refractivity contribution >= 4 is 36.6 Å². The number of rotatable bonds is 2. The van der Waals surface area contributed by atoms with Crippen molar-refractivity contribution in [2.24, 2.45) is 0 Å². The Morgan fingerprint density at radius 2 is 0.833 bits per heavy atom. The maximum Gasteiger partial charge on any atom is 0.394 e. The summed E-state index contributed by atoms with van der Waals surface area (Å²) in [6, 6.07) is 0. The zero-order valence-electron chi connectivity index (χ0n) is 10.7. The average molecular weight is 346 g/mol. The Morgan fingerprint density at radius 1 is 0.722 bits per heavy atom. The second kappa shape index (κ2) is 10.4. The molecular weight excluding hydrogens is 326 g/mol. The van der Waals surface area contributed by atoms with Gasteiger partial charge in [-0.15, -0.1) is 15.8 Å². The van der Waals surface area contributed by atoms with Gasteiger partial charge in [0, 0.05) is 0 Å². The molecule has 0 aromatic heterocycles. The predicted octanol–water partition coefficient (Wildman–Crippen LogP) is 1.51. The van der Waals surface area contributed by atoms with Crippen LogP contribution >= 0.6 is 15.8 Å². The summed E-state index contributed by atoms with van der Waals surface area (Å²) in [5.41, 5.74) is 0. The van der Waals surface area contributed by atoms with Crippen LogP contribution in [0.4, 0.5) is 0 Å². The first-order valence-corrected chi connectivity index (χ1v) is 11.7. The van der Waals surface area contributed by atoms with Crippen molar-refractivity contribution in [3.63, 3.8) is 0 Å². The molecule has 4 N–H and O–H groups in total. The van der Waals surface area contributed by atoms with E-state index in [2.05, 4.69) is 33.6 Å². The van der Waals surface area contributed by atoms with E-state index in [1.54, 1.807) is 0 Å². The molecular formula is C6H20O8P2S2. The summed E-state index contributed by atoms with van der Waals surface area (Å²) in [4.78, 5) is 0. The molecule has 0 radical (unpaired) electrons. The van der Waals surface area contributed by atoms with Gasteiger partial charge >= 0.3 is 20.8 Å². The summed E-state index contributed by atoms with van der Waals surface area (Å²) in [6.07, 6.45) is 0. The van der Waals surface area contributed by atoms with Crippen molar-refractivity contribution in [3.8, 4) is 0 Å². The van der Waals surface area contributed by atoms with Gasteiger partial charge in [0.05, 0.1) is 0 Å². The zero-order chi connectivity index (χ0) is 15.7. The molecule has 0 bridgehead atoms. The Balaban J connectivity index is -0.000000197. The highest BCUT2D eigenvalue weighted by Gasteiger charge is 2.08. The fraction of sp³-hybridized carbons (Fsp3) is 1.00. The molecule has 0 aromatic rings. The van der Waals surface area contributed by atoms with Crippen LogP contribution in [0.3, 0.4) is 0 Å². The molecule has 0 aromatic carbocycles. The maximum absolute atomic E-state index is 8.74. The van der Waals surface area contributed by atoms with Crippen LogP contribution in [0.15, 0.2) is 0 Å². The van der Waals surface area contributed by atoms with Gasteiger partial charge < -0.3 is 0 Å². The molecule has 0 saturated heterocycles. The van der Waals surface area contributed by atoms with E-state index in [1.165, 1.54) is 0 Å². The third-order valence-corrected chi connectivity index (χ3v) is 7.26. The molecule has 0 fully saturated rings. The molecule has 0 spiro atoms. The van der Waals surface area contributed by atoms with Gasteiger partial charge in [-0.1, -0.05) is 6.92 Å². The van der Waals surface area contributed by atoms with E-state index in [9.17, 15) is 0 Å². The van der Waals surface area contributed by atoms with Crippen LogP contribution in [0, 0.1) is 0 Å². The lowest BCUT2D eigenvalue weighted by atomic mass is 11.0. The largest absolute Gasteiger partial charge is 0.394 e. The topological polar surface area (TPSA) is 149 Å². The molecule has 114 valence electrons. The van der Waals surface area contributed by atoms with Crippen molar-refractivity contribution in [2.75, 3.05) is 26.7 Å². The minimum Gasteiger partial charge on any atom is -0.264 e. The van der Waals surface area contributed by atoms with Crippen LogP contribution in [-0.2, 0) is 20.8 Å². The van der Waals surface area contributed by atoms with Gasteiger partial charge in [-0.3, -0.25) is 18.2 Å². The van der Waals surface area contributed by atoms with Crippen molar-refractivity contribution in [2.45, 2.75) is 12.3 Å². The number of hydrogen-bond acceptors (Lipinski definition) is 4. The Hall–Kier alpha value is 0.600. The van der Waals surface area contributed by atoms with Gasteiger partial charge in [0.25, 0.3) is 0 Å². The first-order valence-electron chi connectivity index (χ1n) is 4.28. The Labute approximate surface area is 111 Å². The standard InChI is InChI=1S/C6H16P2.2H2O4S/c1-6(7(2)3)8(4)5;2*1-5(2,3)4/h6H,1-5H3;2*(H2,1,2,3,4). The second-order valence-corrected chi connectivity index (χ2v) is 11.1. The SMILES string of the molecule is CC(P(C)C)P(C)C.O=S(=O)(O)O.O=S(=O)(O)O. The third-order valence-electron chi connectivity index (χ3n) is 1.49. The number of hydrogen-bond donors (Lipinski definition) is 4. The summed E-state index contributed by atoms with van der Waals surface area (Å²) in [5, 5.41) is 1.000. The third kappa shape index (κ3) is 54.6. The summed E-state index contributed by atoms with van der Waals surface area (Å²) in [6.45, 7) is 11.8. The molecule has 0 aliphatic heterocycles. The lowest BCUT2D eigenvalue weighted by Gasteiger charge is -2.19. The van der Waals surface area contributed by atoms with E-state index in [1.807, 2.05) is 0 Å². The molecule has 8 nitrogen and oxygen atoms in total. The molecule has 0 aliphatic rings. The van der Waals surface area contributed by atoms with Crippen LogP contribution in [0.25, 0.3) is 0 Å². The van der Waals surface area contributed by atoms with Gasteiger partial charge in [-0.2, -0.15) is 16.8 Å². The highest BCUT2D eigenvalue weighted by molar-refractivity contribution is 7.80. The minimum absolute atomic E-state index is 0.328. The smallest absolute Gasteiger partial charge is 0.264 e. The summed E-state index contributed by atoms with van der Waals surface area (Å²) in [5.74, 6) is 0. The van der Waals surface area contributed by atoms with Crippen LogP contribution in [0.2, 0.25) is 0 Å². The normalized spacial score (nSPS) is 11.8. The highest BCUT2D eigenvalue weighted by Crippen LogP contribution is 2.49. The van der Waals surface area contributed by atoms with Gasteiger partial charge in [-0.05, 0) is 32.1 Å². The predicted molar refractivity (Wildman–Crippen MR) is 75.4 cm³/mol. The maximum atomic E-state index is 8.74. The Bertz CT molecular complexity index is 334. The Kier molecular flexibility index (Phi) is 13.7. The van der Waals surface area contributed by atoms with E-state index >= 15 is 0 Å². The molecule has 0 unspecified atom stereocenters. The Morgan fingerprint density at radius 3 is 0.833 bits per heavy atom. The fourth-order valence-electron chi connectivity index (χ4n) is 0.462. The summed E-state index contributed by atoms with van der Waals surface area (Å²) < 4.78 is 63.2. The lowest BCUT2D eigenvalue weighted by molar-refractivity contribution is 0.378. The molecule has 0 amide bonds. The van der Waals surface area contributed by atoms with E-state index in [4.69, 9.17) is 35.0 Å². The van der Waals surface area contributed by atoms with Crippen LogP contribution in [0.1, 0.15) is 6.92 Å². The van der Waals surface area contributed by atoms with Crippen LogP contribution < -0.4 is 0 Å². The van der Waals surface area contributed by atoms with Gasteiger partial charge in [0.15, 0.2) is 0 Å². The molecule has 0 saturated carbocycles. The molecule has 12 heteroatoms. The molecule has 0 atom stereocenters. The first-order chi connectivity index (χ1) is 7.55. The van der Waals surface area contributed by atoms with Crippen LogP contribution in [0.5, 0.6) is 0 Å². The minimum atomic E-state index is -4.67. The van der Waals surface area contributed by atoms with Gasteiger partial charge in [0.1, 0.15) is 0 Å². The first kappa shape index (κ1) is 23.7. The van der Waals surface area contributed by atoms with Gasteiger partial charge in [-0.25, -0.2) is 0 Å². The van der Waals surface area contributed by atoms with Crippen molar-refractivity contribution in [1.29, 1.82) is 0 Å². The molecule has 0 heterocycles. The molecule has 18 heavy (non-hydrogen) atoms.